The maximum absolute atomic E-state index is 13.3. The molecule has 0 bridgehead atoms. The molecule has 6 heteroatoms. The van der Waals surface area contributed by atoms with Crippen LogP contribution in [-0.2, 0) is 0 Å². The molecule has 1 heterocycles. The van der Waals surface area contributed by atoms with Crippen molar-refractivity contribution in [2.45, 2.75) is 0 Å². The van der Waals surface area contributed by atoms with Crippen molar-refractivity contribution in [1.29, 1.82) is 0 Å². The molecular weight excluding hydrogens is 293 g/mol. The molecular formula is C15H12FNO3S. The lowest BCUT2D eigenvalue weighted by Crippen LogP contribution is -2.26. The zero-order valence-electron chi connectivity index (χ0n) is 11.4. The van der Waals surface area contributed by atoms with E-state index in [2.05, 4.69) is 0 Å². The summed E-state index contributed by atoms with van der Waals surface area (Å²) in [5, 5.41) is 12.8. The van der Waals surface area contributed by atoms with E-state index in [1.165, 1.54) is 30.6 Å². The lowest BCUT2D eigenvalue weighted by atomic mass is 10.2. The molecule has 0 atom stereocenters. The number of fused-ring (bicyclic) bond motifs is 1. The van der Waals surface area contributed by atoms with Gasteiger partial charge in [0.05, 0.1) is 19.8 Å². The Kier molecular flexibility index (Phi) is 3.39. The third-order valence-corrected chi connectivity index (χ3v) is 4.32. The molecule has 3 aromatic rings. The minimum absolute atomic E-state index is 0.324. The number of ether oxygens (including phenoxy) is 2. The molecule has 0 radical (unpaired) electrons. The Morgan fingerprint density at radius 3 is 2.52 bits per heavy atom. The van der Waals surface area contributed by atoms with Crippen molar-refractivity contribution in [3.8, 4) is 22.1 Å². The summed E-state index contributed by atoms with van der Waals surface area (Å²) in [7, 11) is 3.08. The van der Waals surface area contributed by atoms with Gasteiger partial charge >= 0.3 is 0 Å². The highest BCUT2D eigenvalue weighted by atomic mass is 32.1. The van der Waals surface area contributed by atoms with Crippen LogP contribution >= 0.6 is 11.3 Å². The van der Waals surface area contributed by atoms with Gasteiger partial charge in [-0.1, -0.05) is 11.3 Å². The zero-order chi connectivity index (χ0) is 15.0. The molecule has 0 spiro atoms. The Hall–Kier alpha value is -2.34. The highest BCUT2D eigenvalue weighted by Gasteiger charge is 2.19. The van der Waals surface area contributed by atoms with Gasteiger partial charge in [0.1, 0.15) is 10.5 Å². The predicted octanol–water partition coefficient (Wildman–Crippen LogP) is 3.36. The summed E-state index contributed by atoms with van der Waals surface area (Å²) < 4.78 is 25.2. The summed E-state index contributed by atoms with van der Waals surface area (Å²) in [6, 6.07) is 9.43. The summed E-state index contributed by atoms with van der Waals surface area (Å²) in [5.41, 5.74) is 1.02. The van der Waals surface area contributed by atoms with E-state index in [1.807, 2.05) is 0 Å². The van der Waals surface area contributed by atoms with Crippen molar-refractivity contribution in [2.24, 2.45) is 0 Å². The fraction of sp³-hybridized carbons (Fsp3) is 0.133. The van der Waals surface area contributed by atoms with Crippen molar-refractivity contribution < 1.29 is 18.6 Å². The Bertz CT molecular complexity index is 816. The zero-order valence-corrected chi connectivity index (χ0v) is 12.2. The topological polar surface area (TPSA) is 45.4 Å². The number of aromatic nitrogens is 1. The van der Waals surface area contributed by atoms with E-state index in [4.69, 9.17) is 9.47 Å². The summed E-state index contributed by atoms with van der Waals surface area (Å²) in [4.78, 5) is 0. The summed E-state index contributed by atoms with van der Waals surface area (Å²) in [6.45, 7) is 0. The lowest BCUT2D eigenvalue weighted by molar-refractivity contribution is -0.560. The third-order valence-electron chi connectivity index (χ3n) is 3.16. The molecule has 0 saturated heterocycles. The van der Waals surface area contributed by atoms with Crippen LogP contribution in [0.5, 0.6) is 11.5 Å². The van der Waals surface area contributed by atoms with Crippen LogP contribution in [0, 0.1) is 11.0 Å². The van der Waals surface area contributed by atoms with Gasteiger partial charge in [-0.15, -0.1) is 0 Å². The fourth-order valence-corrected chi connectivity index (χ4v) is 3.15. The quantitative estimate of drug-likeness (QED) is 0.550. The molecule has 0 aliphatic heterocycles. The van der Waals surface area contributed by atoms with E-state index >= 15 is 0 Å². The monoisotopic (exact) mass is 305 g/mol. The fourth-order valence-electron chi connectivity index (χ4n) is 2.14. The third kappa shape index (κ3) is 2.27. The van der Waals surface area contributed by atoms with Gasteiger partial charge in [-0.3, -0.25) is 0 Å². The Morgan fingerprint density at radius 2 is 1.81 bits per heavy atom. The largest absolute Gasteiger partial charge is 0.617 e. The molecule has 2 aromatic carbocycles. The summed E-state index contributed by atoms with van der Waals surface area (Å²) in [5.74, 6) is 0.702. The van der Waals surface area contributed by atoms with Gasteiger partial charge in [-0.25, -0.2) is 4.39 Å². The van der Waals surface area contributed by atoms with E-state index in [1.54, 1.807) is 31.4 Å². The first kappa shape index (κ1) is 13.6. The number of thiazole rings is 1. The van der Waals surface area contributed by atoms with Gasteiger partial charge in [-0.2, -0.15) is 4.73 Å². The maximum atomic E-state index is 13.3. The molecule has 4 nitrogen and oxygen atoms in total. The molecule has 0 saturated carbocycles. The lowest BCUT2D eigenvalue weighted by Gasteiger charge is -2.08. The smallest absolute Gasteiger partial charge is 0.281 e. The maximum Gasteiger partial charge on any atom is 0.281 e. The number of methoxy groups -OCH3 is 2. The normalized spacial score (nSPS) is 10.8. The SMILES string of the molecule is COc1ccc(-c2sc3ccc(F)cc3[n+]2[O-])cc1OC. The Morgan fingerprint density at radius 1 is 1.05 bits per heavy atom. The van der Waals surface area contributed by atoms with E-state index in [-0.39, 0.29) is 0 Å². The molecule has 0 aliphatic rings. The van der Waals surface area contributed by atoms with Gasteiger partial charge in [-0.05, 0) is 30.3 Å². The van der Waals surface area contributed by atoms with Crippen LogP contribution in [0.4, 0.5) is 4.39 Å². The van der Waals surface area contributed by atoms with Crippen LogP contribution in [0.25, 0.3) is 20.8 Å². The van der Waals surface area contributed by atoms with Crippen molar-refractivity contribution in [2.75, 3.05) is 14.2 Å². The van der Waals surface area contributed by atoms with Gasteiger partial charge < -0.3 is 14.7 Å². The van der Waals surface area contributed by atoms with Crippen molar-refractivity contribution >= 4 is 21.6 Å². The molecule has 0 fully saturated rings. The molecule has 0 unspecified atom stereocenters. The molecule has 21 heavy (non-hydrogen) atoms. The van der Waals surface area contributed by atoms with Crippen molar-refractivity contribution in [3.05, 3.63) is 47.4 Å². The van der Waals surface area contributed by atoms with Crippen molar-refractivity contribution in [3.63, 3.8) is 0 Å². The van der Waals surface area contributed by atoms with E-state index in [0.29, 0.717) is 27.6 Å². The standard InChI is InChI=1S/C15H12FNO3S/c1-19-12-5-3-9(7-13(12)20-2)15-17(18)11-8-10(16)4-6-14(11)21-15/h3-8H,1-2H3. The first-order valence-electron chi connectivity index (χ1n) is 6.18. The second-order valence-electron chi connectivity index (χ2n) is 4.38. The van der Waals surface area contributed by atoms with E-state index < -0.39 is 5.82 Å². The number of hydrogen-bond acceptors (Lipinski definition) is 4. The number of benzene rings is 2. The van der Waals surface area contributed by atoms with Gasteiger partial charge in [0.25, 0.3) is 5.01 Å². The number of halogens is 1. The minimum atomic E-state index is -0.427. The van der Waals surface area contributed by atoms with Crippen LogP contribution in [0.3, 0.4) is 0 Å². The molecule has 3 rings (SSSR count). The number of nitrogens with zero attached hydrogens (tertiary/aromatic N) is 1. The van der Waals surface area contributed by atoms with Gasteiger partial charge in [0, 0.05) is 6.07 Å². The molecule has 0 aliphatic carbocycles. The van der Waals surface area contributed by atoms with Crippen LogP contribution in [0.2, 0.25) is 0 Å². The summed E-state index contributed by atoms with van der Waals surface area (Å²) in [6.07, 6.45) is 0. The predicted molar refractivity (Wildman–Crippen MR) is 79.3 cm³/mol. The van der Waals surface area contributed by atoms with E-state index in [9.17, 15) is 9.60 Å². The second-order valence-corrected chi connectivity index (χ2v) is 5.41. The van der Waals surface area contributed by atoms with Crippen LogP contribution in [0.15, 0.2) is 36.4 Å². The highest BCUT2D eigenvalue weighted by Crippen LogP contribution is 2.34. The second kappa shape index (κ2) is 5.21. The van der Waals surface area contributed by atoms with E-state index in [0.717, 1.165) is 9.43 Å². The first-order chi connectivity index (χ1) is 10.1. The van der Waals surface area contributed by atoms with Crippen LogP contribution < -0.4 is 14.2 Å². The number of hydrogen-bond donors (Lipinski definition) is 0. The minimum Gasteiger partial charge on any atom is -0.617 e. The average Bonchev–Trinajstić information content (AvgIpc) is 2.83. The van der Waals surface area contributed by atoms with Gasteiger partial charge in [0.15, 0.2) is 11.5 Å². The first-order valence-corrected chi connectivity index (χ1v) is 6.99. The molecule has 1 aromatic heterocycles. The van der Waals surface area contributed by atoms with Crippen molar-refractivity contribution in [1.82, 2.24) is 0 Å². The molecule has 0 N–H and O–H groups in total. The highest BCUT2D eigenvalue weighted by molar-refractivity contribution is 7.21. The number of rotatable bonds is 3. The van der Waals surface area contributed by atoms with Gasteiger partial charge in [0.2, 0.25) is 5.52 Å². The molecule has 0 amide bonds. The van der Waals surface area contributed by atoms with Crippen LogP contribution in [-0.4, -0.2) is 14.2 Å². The van der Waals surface area contributed by atoms with Crippen LogP contribution in [0.1, 0.15) is 0 Å². The Balaban J connectivity index is 2.18. The molecule has 108 valence electrons. The summed E-state index contributed by atoms with van der Waals surface area (Å²) >= 11 is 1.31. The average molecular weight is 305 g/mol. The Labute approximate surface area is 124 Å².